The number of carbonyl (C=O) groups excluding carboxylic acids is 1. The number of benzene rings is 1. The van der Waals surface area contributed by atoms with E-state index in [2.05, 4.69) is 0 Å². The van der Waals surface area contributed by atoms with Gasteiger partial charge in [0.15, 0.2) is 0 Å². The molecule has 1 fully saturated rings. The number of aryl methyl sites for hydroxylation is 1. The van der Waals surface area contributed by atoms with Crippen molar-refractivity contribution in [3.05, 3.63) is 29.3 Å². The van der Waals surface area contributed by atoms with Crippen LogP contribution in [0.3, 0.4) is 0 Å². The van der Waals surface area contributed by atoms with E-state index < -0.39 is 17.6 Å². The lowest BCUT2D eigenvalue weighted by Crippen LogP contribution is -2.25. The first-order valence-corrected chi connectivity index (χ1v) is 5.18. The molecule has 1 saturated heterocycles. The fourth-order valence-corrected chi connectivity index (χ4v) is 1.87. The molecular formula is C12H10F2N2O. The van der Waals surface area contributed by atoms with Gasteiger partial charge in [0.25, 0.3) is 0 Å². The standard InChI is InChI=1S/C12H10F2N2O/c1-7-2-10(14)11(4-9(7)13)16-6-8(5-15)3-12(16)17/h2,4,8H,3,6H2,1H3. The molecule has 1 amide bonds. The molecule has 0 N–H and O–H groups in total. The minimum absolute atomic E-state index is 0.0609. The van der Waals surface area contributed by atoms with Crippen LogP contribution in [0.1, 0.15) is 12.0 Å². The number of anilines is 1. The lowest BCUT2D eigenvalue weighted by atomic mass is 10.1. The van der Waals surface area contributed by atoms with Crippen LogP contribution in [-0.4, -0.2) is 12.5 Å². The second kappa shape index (κ2) is 4.13. The second-order valence-electron chi connectivity index (χ2n) is 4.09. The van der Waals surface area contributed by atoms with Gasteiger partial charge in [-0.2, -0.15) is 5.26 Å². The van der Waals surface area contributed by atoms with E-state index in [0.29, 0.717) is 0 Å². The predicted molar refractivity (Wildman–Crippen MR) is 57.2 cm³/mol. The van der Waals surface area contributed by atoms with E-state index in [1.807, 2.05) is 6.07 Å². The summed E-state index contributed by atoms with van der Waals surface area (Å²) in [6.45, 7) is 1.57. The molecule has 1 aliphatic heterocycles. The lowest BCUT2D eigenvalue weighted by molar-refractivity contribution is -0.117. The SMILES string of the molecule is Cc1cc(F)c(N2CC(C#N)CC2=O)cc1F. The molecule has 0 bridgehead atoms. The maximum atomic E-state index is 13.6. The monoisotopic (exact) mass is 236 g/mol. The fourth-order valence-electron chi connectivity index (χ4n) is 1.87. The van der Waals surface area contributed by atoms with Gasteiger partial charge in [-0.1, -0.05) is 0 Å². The molecule has 0 saturated carbocycles. The van der Waals surface area contributed by atoms with Gasteiger partial charge in [-0.25, -0.2) is 8.78 Å². The van der Waals surface area contributed by atoms with E-state index in [1.54, 1.807) is 0 Å². The summed E-state index contributed by atoms with van der Waals surface area (Å²) < 4.78 is 27.0. The number of carbonyl (C=O) groups is 1. The third kappa shape index (κ3) is 1.98. The molecule has 17 heavy (non-hydrogen) atoms. The maximum absolute atomic E-state index is 13.6. The van der Waals surface area contributed by atoms with Crippen LogP contribution in [0.2, 0.25) is 0 Å². The van der Waals surface area contributed by atoms with Gasteiger partial charge in [-0.05, 0) is 18.6 Å². The highest BCUT2D eigenvalue weighted by Gasteiger charge is 2.32. The summed E-state index contributed by atoms with van der Waals surface area (Å²) in [5.74, 6) is -2.00. The van der Waals surface area contributed by atoms with Crippen LogP contribution in [0, 0.1) is 35.8 Å². The van der Waals surface area contributed by atoms with E-state index in [9.17, 15) is 13.6 Å². The number of rotatable bonds is 1. The molecule has 0 aromatic heterocycles. The minimum Gasteiger partial charge on any atom is -0.308 e. The van der Waals surface area contributed by atoms with Crippen LogP contribution in [0.25, 0.3) is 0 Å². The molecular weight excluding hydrogens is 226 g/mol. The van der Waals surface area contributed by atoms with Gasteiger partial charge in [0.1, 0.15) is 11.6 Å². The Bertz CT molecular complexity index is 522. The lowest BCUT2D eigenvalue weighted by Gasteiger charge is -2.17. The van der Waals surface area contributed by atoms with E-state index in [4.69, 9.17) is 5.26 Å². The molecule has 1 unspecified atom stereocenters. The Balaban J connectivity index is 2.39. The number of hydrogen-bond donors (Lipinski definition) is 0. The van der Waals surface area contributed by atoms with Crippen molar-refractivity contribution in [3.63, 3.8) is 0 Å². The smallest absolute Gasteiger partial charge is 0.228 e. The number of nitrogens with zero attached hydrogens (tertiary/aromatic N) is 2. The Morgan fingerprint density at radius 2 is 2.12 bits per heavy atom. The molecule has 1 aliphatic rings. The second-order valence-corrected chi connectivity index (χ2v) is 4.09. The van der Waals surface area contributed by atoms with E-state index in [1.165, 1.54) is 6.92 Å². The average Bonchev–Trinajstić information content (AvgIpc) is 2.65. The zero-order chi connectivity index (χ0) is 12.6. The van der Waals surface area contributed by atoms with Crippen LogP contribution in [0.15, 0.2) is 12.1 Å². The molecule has 1 aromatic rings. The molecule has 3 nitrogen and oxygen atoms in total. The van der Waals surface area contributed by atoms with Gasteiger partial charge in [-0.3, -0.25) is 4.79 Å². The molecule has 1 aromatic carbocycles. The third-order valence-corrected chi connectivity index (χ3v) is 2.83. The molecule has 1 atom stereocenters. The molecule has 0 spiro atoms. The Morgan fingerprint density at radius 1 is 1.41 bits per heavy atom. The largest absolute Gasteiger partial charge is 0.308 e. The topological polar surface area (TPSA) is 44.1 Å². The Labute approximate surface area is 97.3 Å². The predicted octanol–water partition coefficient (Wildman–Crippen LogP) is 2.15. The van der Waals surface area contributed by atoms with Gasteiger partial charge in [0, 0.05) is 19.0 Å². The first-order valence-electron chi connectivity index (χ1n) is 5.18. The molecule has 0 aliphatic carbocycles. The van der Waals surface area contributed by atoms with Crippen molar-refractivity contribution in [1.29, 1.82) is 5.26 Å². The molecule has 2 rings (SSSR count). The fraction of sp³-hybridized carbons (Fsp3) is 0.333. The first kappa shape index (κ1) is 11.5. The van der Waals surface area contributed by atoms with Gasteiger partial charge >= 0.3 is 0 Å². The van der Waals surface area contributed by atoms with Crippen LogP contribution in [-0.2, 0) is 4.79 Å². The molecule has 1 heterocycles. The van der Waals surface area contributed by atoms with Crippen molar-refractivity contribution in [2.75, 3.05) is 11.4 Å². The normalized spacial score (nSPS) is 19.5. The summed E-state index contributed by atoms with van der Waals surface area (Å²) in [6.07, 6.45) is 0.0609. The van der Waals surface area contributed by atoms with Gasteiger partial charge < -0.3 is 4.90 Å². The highest BCUT2D eigenvalue weighted by Crippen LogP contribution is 2.28. The van der Waals surface area contributed by atoms with Crippen LogP contribution < -0.4 is 4.90 Å². The van der Waals surface area contributed by atoms with Crippen LogP contribution >= 0.6 is 0 Å². The summed E-state index contributed by atoms with van der Waals surface area (Å²) >= 11 is 0. The zero-order valence-corrected chi connectivity index (χ0v) is 9.20. The number of halogens is 2. The van der Waals surface area contributed by atoms with Crippen LogP contribution in [0.4, 0.5) is 14.5 Å². The summed E-state index contributed by atoms with van der Waals surface area (Å²) in [5.41, 5.74) is 0.102. The van der Waals surface area contributed by atoms with Gasteiger partial charge in [0.05, 0.1) is 17.7 Å². The third-order valence-electron chi connectivity index (χ3n) is 2.83. The van der Waals surface area contributed by atoms with Crippen molar-refractivity contribution in [3.8, 4) is 6.07 Å². The highest BCUT2D eigenvalue weighted by atomic mass is 19.1. The van der Waals surface area contributed by atoms with Crippen molar-refractivity contribution >= 4 is 11.6 Å². The van der Waals surface area contributed by atoms with Crippen molar-refractivity contribution in [2.24, 2.45) is 5.92 Å². The quantitative estimate of drug-likeness (QED) is 0.749. The minimum atomic E-state index is -0.643. The van der Waals surface area contributed by atoms with Crippen LogP contribution in [0.5, 0.6) is 0 Å². The average molecular weight is 236 g/mol. The Morgan fingerprint density at radius 3 is 2.71 bits per heavy atom. The Kier molecular flexibility index (Phi) is 2.80. The Hall–Kier alpha value is -1.96. The summed E-state index contributed by atoms with van der Waals surface area (Å²) in [5, 5.41) is 8.72. The van der Waals surface area contributed by atoms with E-state index in [0.717, 1.165) is 17.0 Å². The van der Waals surface area contributed by atoms with Gasteiger partial charge in [-0.15, -0.1) is 0 Å². The molecule has 0 radical (unpaired) electrons. The molecule has 88 valence electrons. The number of amides is 1. The summed E-state index contributed by atoms with van der Waals surface area (Å²) in [7, 11) is 0. The van der Waals surface area contributed by atoms with Crippen molar-refractivity contribution < 1.29 is 13.6 Å². The highest BCUT2D eigenvalue weighted by molar-refractivity contribution is 5.96. The molecule has 5 heteroatoms. The number of hydrogen-bond acceptors (Lipinski definition) is 2. The van der Waals surface area contributed by atoms with E-state index in [-0.39, 0.29) is 30.1 Å². The summed E-state index contributed by atoms with van der Waals surface area (Å²) in [6, 6.07) is 4.02. The van der Waals surface area contributed by atoms with Crippen molar-refractivity contribution in [1.82, 2.24) is 0 Å². The maximum Gasteiger partial charge on any atom is 0.228 e. The summed E-state index contributed by atoms with van der Waals surface area (Å²) in [4.78, 5) is 12.7. The van der Waals surface area contributed by atoms with Gasteiger partial charge in [0.2, 0.25) is 5.91 Å². The number of nitriles is 1. The first-order chi connectivity index (χ1) is 8.02. The van der Waals surface area contributed by atoms with E-state index >= 15 is 0 Å². The zero-order valence-electron chi connectivity index (χ0n) is 9.20. The van der Waals surface area contributed by atoms with Crippen molar-refractivity contribution in [2.45, 2.75) is 13.3 Å².